The van der Waals surface area contributed by atoms with Crippen molar-refractivity contribution in [3.05, 3.63) is 29.3 Å². The van der Waals surface area contributed by atoms with Crippen LogP contribution in [0.5, 0.6) is 5.75 Å². The van der Waals surface area contributed by atoms with E-state index in [1.807, 2.05) is 6.07 Å². The van der Waals surface area contributed by atoms with Gasteiger partial charge in [0.2, 0.25) is 0 Å². The Morgan fingerprint density at radius 2 is 2.00 bits per heavy atom. The molecule has 3 aliphatic carbocycles. The first-order valence-corrected chi connectivity index (χ1v) is 10.1. The number of esters is 1. The SMILES string of the molecule is C[C@@]12CC[C@H]3c4ccc(O)cc4CC[C@H]3[C@@H]1CC[C@H]2OC(=O)CCC(=O)O. The second-order valence-corrected chi connectivity index (χ2v) is 8.79. The van der Waals surface area contributed by atoms with E-state index in [9.17, 15) is 14.7 Å². The van der Waals surface area contributed by atoms with Gasteiger partial charge >= 0.3 is 11.9 Å². The lowest BCUT2D eigenvalue weighted by Gasteiger charge is -2.50. The predicted octanol–water partition coefficient (Wildman–Crippen LogP) is 4.02. The van der Waals surface area contributed by atoms with Gasteiger partial charge < -0.3 is 14.9 Å². The lowest BCUT2D eigenvalue weighted by molar-refractivity contribution is -0.159. The van der Waals surface area contributed by atoms with Gasteiger partial charge in [0.25, 0.3) is 0 Å². The normalized spacial score (nSPS) is 34.3. The zero-order valence-electron chi connectivity index (χ0n) is 15.8. The van der Waals surface area contributed by atoms with Crippen molar-refractivity contribution >= 4 is 11.9 Å². The monoisotopic (exact) mass is 372 g/mol. The summed E-state index contributed by atoms with van der Waals surface area (Å²) in [4.78, 5) is 22.8. The lowest BCUT2D eigenvalue weighted by atomic mass is 9.55. The molecule has 0 bridgehead atoms. The summed E-state index contributed by atoms with van der Waals surface area (Å²) in [6, 6.07) is 5.82. The molecule has 5 heteroatoms. The number of rotatable bonds is 4. The third kappa shape index (κ3) is 3.21. The molecular formula is C22H28O5. The molecule has 5 atom stereocenters. The van der Waals surface area contributed by atoms with E-state index >= 15 is 0 Å². The fourth-order valence-corrected chi connectivity index (χ4v) is 6.14. The van der Waals surface area contributed by atoms with E-state index in [4.69, 9.17) is 9.84 Å². The van der Waals surface area contributed by atoms with Gasteiger partial charge in [0.05, 0.1) is 12.8 Å². The van der Waals surface area contributed by atoms with Crippen molar-refractivity contribution in [3.63, 3.8) is 0 Å². The van der Waals surface area contributed by atoms with E-state index in [1.165, 1.54) is 11.1 Å². The molecule has 0 radical (unpaired) electrons. The number of phenols is 1. The maximum atomic E-state index is 12.1. The molecule has 5 nitrogen and oxygen atoms in total. The number of carbonyl (C=O) groups is 2. The zero-order valence-corrected chi connectivity index (χ0v) is 15.8. The maximum Gasteiger partial charge on any atom is 0.306 e. The number of carboxylic acids is 1. The maximum absolute atomic E-state index is 12.1. The summed E-state index contributed by atoms with van der Waals surface area (Å²) in [5, 5.41) is 18.6. The Hall–Kier alpha value is -2.04. The number of hydrogen-bond acceptors (Lipinski definition) is 4. The molecule has 1 aromatic carbocycles. The van der Waals surface area contributed by atoms with Gasteiger partial charge in [-0.05, 0) is 79.5 Å². The number of carbonyl (C=O) groups excluding carboxylic acids is 1. The Kier molecular flexibility index (Phi) is 4.65. The molecule has 0 spiro atoms. The molecule has 0 heterocycles. The number of hydrogen-bond donors (Lipinski definition) is 2. The Bertz CT molecular complexity index is 757. The highest BCUT2D eigenvalue weighted by molar-refractivity contribution is 5.76. The predicted molar refractivity (Wildman–Crippen MR) is 99.5 cm³/mol. The van der Waals surface area contributed by atoms with E-state index in [0.717, 1.165) is 38.5 Å². The first-order valence-electron chi connectivity index (χ1n) is 10.1. The van der Waals surface area contributed by atoms with Crippen LogP contribution in [0.1, 0.15) is 68.9 Å². The van der Waals surface area contributed by atoms with Crippen molar-refractivity contribution in [1.29, 1.82) is 0 Å². The fourth-order valence-electron chi connectivity index (χ4n) is 6.14. The second kappa shape index (κ2) is 6.84. The van der Waals surface area contributed by atoms with Crippen molar-refractivity contribution < 1.29 is 24.5 Å². The number of aryl methyl sites for hydroxylation is 1. The molecule has 2 fully saturated rings. The minimum atomic E-state index is -0.963. The number of aliphatic carboxylic acids is 1. The second-order valence-electron chi connectivity index (χ2n) is 8.79. The fraction of sp³-hybridized carbons (Fsp3) is 0.636. The lowest BCUT2D eigenvalue weighted by Crippen LogP contribution is -2.45. The van der Waals surface area contributed by atoms with Crippen LogP contribution in [-0.4, -0.2) is 28.3 Å². The van der Waals surface area contributed by atoms with Gasteiger partial charge in [-0.25, -0.2) is 0 Å². The Labute approximate surface area is 159 Å². The van der Waals surface area contributed by atoms with Crippen molar-refractivity contribution in [1.82, 2.24) is 0 Å². The van der Waals surface area contributed by atoms with Gasteiger partial charge in [0, 0.05) is 5.41 Å². The van der Waals surface area contributed by atoms with Crippen molar-refractivity contribution in [3.8, 4) is 5.75 Å². The van der Waals surface area contributed by atoms with E-state index in [1.54, 1.807) is 6.07 Å². The Morgan fingerprint density at radius 3 is 2.78 bits per heavy atom. The number of phenolic OH excluding ortho intramolecular Hbond substituents is 1. The Morgan fingerprint density at radius 1 is 1.19 bits per heavy atom. The van der Waals surface area contributed by atoms with Crippen molar-refractivity contribution in [2.45, 2.75) is 70.3 Å². The molecule has 146 valence electrons. The summed E-state index contributed by atoms with van der Waals surface area (Å²) < 4.78 is 5.76. The smallest absolute Gasteiger partial charge is 0.306 e. The van der Waals surface area contributed by atoms with Gasteiger partial charge in [0.15, 0.2) is 0 Å². The summed E-state index contributed by atoms with van der Waals surface area (Å²) in [6.07, 6.45) is 5.88. The minimum absolute atomic E-state index is 0.00548. The van der Waals surface area contributed by atoms with Crippen LogP contribution in [0.3, 0.4) is 0 Å². The van der Waals surface area contributed by atoms with Crippen LogP contribution in [0.25, 0.3) is 0 Å². The molecule has 0 aromatic heterocycles. The number of fused-ring (bicyclic) bond motifs is 5. The number of ether oxygens (including phenoxy) is 1. The summed E-state index contributed by atoms with van der Waals surface area (Å²) in [5.41, 5.74) is 2.68. The largest absolute Gasteiger partial charge is 0.508 e. The minimum Gasteiger partial charge on any atom is -0.508 e. The molecule has 2 N–H and O–H groups in total. The van der Waals surface area contributed by atoms with E-state index in [0.29, 0.717) is 23.5 Å². The number of aromatic hydroxyl groups is 1. The van der Waals surface area contributed by atoms with Gasteiger partial charge in [-0.15, -0.1) is 0 Å². The van der Waals surface area contributed by atoms with E-state index in [-0.39, 0.29) is 30.3 Å². The molecule has 4 rings (SSSR count). The van der Waals surface area contributed by atoms with Gasteiger partial charge in [0.1, 0.15) is 11.9 Å². The quantitative estimate of drug-likeness (QED) is 0.780. The summed E-state index contributed by atoms with van der Waals surface area (Å²) in [5.74, 6) is 0.681. The van der Waals surface area contributed by atoms with Crippen LogP contribution in [0, 0.1) is 17.3 Å². The molecule has 0 aliphatic heterocycles. The number of carboxylic acid groups (broad SMARTS) is 1. The van der Waals surface area contributed by atoms with Crippen molar-refractivity contribution in [2.75, 3.05) is 0 Å². The molecule has 3 aliphatic rings. The first-order chi connectivity index (χ1) is 12.9. The van der Waals surface area contributed by atoms with Crippen LogP contribution in [0.15, 0.2) is 18.2 Å². The highest BCUT2D eigenvalue weighted by Gasteiger charge is 2.56. The summed E-state index contributed by atoms with van der Waals surface area (Å²) in [6.45, 7) is 2.27. The standard InChI is InChI=1S/C22H28O5/c1-22-11-10-16-15-5-3-14(23)12-13(15)2-4-17(16)18(22)6-7-19(22)27-21(26)9-8-20(24)25/h3,5,12,16-19,23H,2,4,6-11H2,1H3,(H,24,25)/t16-,17+,18-,19+,22+/m0/s1. The highest BCUT2D eigenvalue weighted by atomic mass is 16.5. The van der Waals surface area contributed by atoms with Gasteiger partial charge in [-0.2, -0.15) is 0 Å². The number of benzene rings is 1. The highest BCUT2D eigenvalue weighted by Crippen LogP contribution is 2.61. The van der Waals surface area contributed by atoms with Crippen LogP contribution in [0.4, 0.5) is 0 Å². The molecule has 27 heavy (non-hydrogen) atoms. The molecule has 0 unspecified atom stereocenters. The van der Waals surface area contributed by atoms with Crippen LogP contribution >= 0.6 is 0 Å². The van der Waals surface area contributed by atoms with Gasteiger partial charge in [-0.1, -0.05) is 13.0 Å². The van der Waals surface area contributed by atoms with Gasteiger partial charge in [-0.3, -0.25) is 9.59 Å². The van der Waals surface area contributed by atoms with E-state index < -0.39 is 5.97 Å². The molecule has 1 aromatic rings. The average molecular weight is 372 g/mol. The third-order valence-electron chi connectivity index (χ3n) is 7.44. The van der Waals surface area contributed by atoms with Crippen molar-refractivity contribution in [2.24, 2.45) is 17.3 Å². The molecule has 0 amide bonds. The van der Waals surface area contributed by atoms with Crippen LogP contribution in [0.2, 0.25) is 0 Å². The third-order valence-corrected chi connectivity index (χ3v) is 7.44. The van der Waals surface area contributed by atoms with E-state index in [2.05, 4.69) is 13.0 Å². The average Bonchev–Trinajstić information content (AvgIpc) is 2.96. The van der Waals surface area contributed by atoms with Crippen LogP contribution in [-0.2, 0) is 20.7 Å². The topological polar surface area (TPSA) is 83.8 Å². The van der Waals surface area contributed by atoms with Crippen LogP contribution < -0.4 is 0 Å². The summed E-state index contributed by atoms with van der Waals surface area (Å²) >= 11 is 0. The molecular weight excluding hydrogens is 344 g/mol. The first kappa shape index (κ1) is 18.3. The Balaban J connectivity index is 1.49. The zero-order chi connectivity index (χ0) is 19.2. The molecule has 2 saturated carbocycles. The summed E-state index contributed by atoms with van der Waals surface area (Å²) in [7, 11) is 0. The molecule has 0 saturated heterocycles.